The van der Waals surface area contributed by atoms with Crippen LogP contribution < -0.4 is 4.90 Å². The van der Waals surface area contributed by atoms with Gasteiger partial charge in [-0.15, -0.1) is 0 Å². The zero-order valence-corrected chi connectivity index (χ0v) is 14.3. The lowest BCUT2D eigenvalue weighted by molar-refractivity contribution is -0.118. The van der Waals surface area contributed by atoms with E-state index in [1.807, 2.05) is 42.5 Å². The molecule has 0 N–H and O–H groups in total. The fourth-order valence-corrected chi connectivity index (χ4v) is 3.86. The van der Waals surface area contributed by atoms with Crippen molar-refractivity contribution >= 4 is 38.6 Å². The molecular weight excluding hydrogens is 348 g/mol. The molecule has 1 atom stereocenters. The number of rotatable bonds is 3. The second kappa shape index (κ2) is 5.89. The Labute approximate surface area is 152 Å². The molecule has 0 bridgehead atoms. The molecule has 0 spiro atoms. The number of anilines is 1. The van der Waals surface area contributed by atoms with Gasteiger partial charge < -0.3 is 4.42 Å². The standard InChI is InChI=1S/C19H12N4O2S/c24-18-15(13-8-5-11-25-13)21-17(12-6-2-1-3-7-12)23(18)19-22-16-14(26-19)9-4-10-20-16/h1-11,15H. The predicted octanol–water partition coefficient (Wildman–Crippen LogP) is 3.82. The normalized spacial score (nSPS) is 17.1. The van der Waals surface area contributed by atoms with Crippen molar-refractivity contribution in [2.24, 2.45) is 4.99 Å². The average molecular weight is 360 g/mol. The van der Waals surface area contributed by atoms with Gasteiger partial charge in [-0.3, -0.25) is 4.79 Å². The van der Waals surface area contributed by atoms with Crippen LogP contribution in [-0.2, 0) is 4.79 Å². The SMILES string of the molecule is O=C1C(c2ccco2)N=C(c2ccccc2)N1c1nc2ncccc2s1. The van der Waals surface area contributed by atoms with E-state index in [1.54, 1.807) is 29.5 Å². The summed E-state index contributed by atoms with van der Waals surface area (Å²) in [6.07, 6.45) is 3.24. The van der Waals surface area contributed by atoms with E-state index in [1.165, 1.54) is 11.3 Å². The molecule has 0 aliphatic carbocycles. The highest BCUT2D eigenvalue weighted by molar-refractivity contribution is 7.22. The van der Waals surface area contributed by atoms with Crippen molar-refractivity contribution in [2.75, 3.05) is 4.90 Å². The number of hydrogen-bond donors (Lipinski definition) is 0. The molecule has 0 saturated carbocycles. The third-order valence-corrected chi connectivity index (χ3v) is 5.10. The van der Waals surface area contributed by atoms with Crippen LogP contribution in [0.3, 0.4) is 0 Å². The molecule has 0 fully saturated rings. The zero-order chi connectivity index (χ0) is 17.5. The maximum absolute atomic E-state index is 13.2. The second-order valence-corrected chi connectivity index (χ2v) is 6.74. The number of carbonyl (C=O) groups is 1. The molecule has 7 heteroatoms. The van der Waals surface area contributed by atoms with Gasteiger partial charge in [-0.1, -0.05) is 41.7 Å². The van der Waals surface area contributed by atoms with Crippen molar-refractivity contribution in [3.05, 3.63) is 78.4 Å². The number of benzene rings is 1. The van der Waals surface area contributed by atoms with Gasteiger partial charge in [0.15, 0.2) is 11.7 Å². The first-order valence-corrected chi connectivity index (χ1v) is 8.85. The van der Waals surface area contributed by atoms with Crippen LogP contribution in [-0.4, -0.2) is 21.7 Å². The molecule has 5 rings (SSSR count). The number of pyridine rings is 1. The lowest BCUT2D eigenvalue weighted by Crippen LogP contribution is -2.33. The quantitative estimate of drug-likeness (QED) is 0.557. The molecule has 126 valence electrons. The van der Waals surface area contributed by atoms with E-state index in [9.17, 15) is 4.79 Å². The summed E-state index contributed by atoms with van der Waals surface area (Å²) < 4.78 is 6.35. The van der Waals surface area contributed by atoms with E-state index in [4.69, 9.17) is 4.42 Å². The molecule has 6 nitrogen and oxygen atoms in total. The summed E-state index contributed by atoms with van der Waals surface area (Å²) in [6.45, 7) is 0. The fourth-order valence-electron chi connectivity index (χ4n) is 2.92. The number of aromatic nitrogens is 2. The summed E-state index contributed by atoms with van der Waals surface area (Å²) in [5.41, 5.74) is 1.47. The first-order chi connectivity index (χ1) is 12.8. The van der Waals surface area contributed by atoms with Crippen LogP contribution in [0.1, 0.15) is 17.4 Å². The minimum absolute atomic E-state index is 0.183. The van der Waals surface area contributed by atoms with Gasteiger partial charge in [0.05, 0.1) is 11.0 Å². The van der Waals surface area contributed by atoms with E-state index in [2.05, 4.69) is 15.0 Å². The van der Waals surface area contributed by atoms with Crippen molar-refractivity contribution in [1.29, 1.82) is 0 Å². The Hall–Kier alpha value is -3.32. The largest absolute Gasteiger partial charge is 0.466 e. The van der Waals surface area contributed by atoms with Crippen molar-refractivity contribution in [1.82, 2.24) is 9.97 Å². The summed E-state index contributed by atoms with van der Waals surface area (Å²) in [5.74, 6) is 0.902. The molecule has 1 aromatic carbocycles. The Morgan fingerprint density at radius 2 is 1.92 bits per heavy atom. The van der Waals surface area contributed by atoms with Crippen LogP contribution in [0.2, 0.25) is 0 Å². The summed E-state index contributed by atoms with van der Waals surface area (Å²) in [6, 6.07) is 16.2. The van der Waals surface area contributed by atoms with Crippen LogP contribution in [0, 0.1) is 0 Å². The minimum atomic E-state index is -0.708. The maximum Gasteiger partial charge on any atom is 0.267 e. The van der Waals surface area contributed by atoms with Gasteiger partial charge in [0.25, 0.3) is 5.91 Å². The molecule has 0 saturated heterocycles. The van der Waals surface area contributed by atoms with E-state index in [0.717, 1.165) is 10.3 Å². The predicted molar refractivity (Wildman–Crippen MR) is 99.3 cm³/mol. The number of furan rings is 1. The smallest absolute Gasteiger partial charge is 0.267 e. The zero-order valence-electron chi connectivity index (χ0n) is 13.4. The maximum atomic E-state index is 13.2. The molecular formula is C19H12N4O2S. The van der Waals surface area contributed by atoms with E-state index >= 15 is 0 Å². The lowest BCUT2D eigenvalue weighted by atomic mass is 10.2. The van der Waals surface area contributed by atoms with Crippen molar-refractivity contribution in [3.8, 4) is 0 Å². The van der Waals surface area contributed by atoms with Gasteiger partial charge in [0, 0.05) is 11.8 Å². The summed E-state index contributed by atoms with van der Waals surface area (Å²) in [4.78, 5) is 28.2. The monoisotopic (exact) mass is 360 g/mol. The molecule has 1 aliphatic heterocycles. The molecule has 3 aromatic heterocycles. The van der Waals surface area contributed by atoms with Crippen LogP contribution in [0.5, 0.6) is 0 Å². The Bertz CT molecular complexity index is 1090. The summed E-state index contributed by atoms with van der Waals surface area (Å²) >= 11 is 1.42. The third-order valence-electron chi connectivity index (χ3n) is 4.11. The first kappa shape index (κ1) is 15.0. The van der Waals surface area contributed by atoms with Gasteiger partial charge in [-0.2, -0.15) is 4.98 Å². The van der Waals surface area contributed by atoms with Gasteiger partial charge in [-0.05, 0) is 24.3 Å². The highest BCUT2D eigenvalue weighted by atomic mass is 32.1. The summed E-state index contributed by atoms with van der Waals surface area (Å²) in [7, 11) is 0. The number of thiazole rings is 1. The van der Waals surface area contributed by atoms with Crippen molar-refractivity contribution in [3.63, 3.8) is 0 Å². The molecule has 1 unspecified atom stereocenters. The van der Waals surface area contributed by atoms with E-state index < -0.39 is 6.04 Å². The second-order valence-electron chi connectivity index (χ2n) is 5.73. The Kier molecular flexibility index (Phi) is 3.39. The number of fused-ring (bicyclic) bond motifs is 1. The number of nitrogens with zero attached hydrogens (tertiary/aromatic N) is 4. The number of carbonyl (C=O) groups excluding carboxylic acids is 1. The number of amidine groups is 1. The van der Waals surface area contributed by atoms with Crippen LogP contribution >= 0.6 is 11.3 Å². The number of hydrogen-bond acceptors (Lipinski definition) is 6. The van der Waals surface area contributed by atoms with Gasteiger partial charge in [0.1, 0.15) is 11.6 Å². The van der Waals surface area contributed by atoms with Gasteiger partial charge >= 0.3 is 0 Å². The topological polar surface area (TPSA) is 71.6 Å². The van der Waals surface area contributed by atoms with Crippen LogP contribution in [0.25, 0.3) is 10.3 Å². The first-order valence-electron chi connectivity index (χ1n) is 8.03. The molecule has 4 heterocycles. The number of amides is 1. The highest BCUT2D eigenvalue weighted by Gasteiger charge is 2.40. The fraction of sp³-hybridized carbons (Fsp3) is 0.0526. The Morgan fingerprint density at radius 3 is 2.69 bits per heavy atom. The molecule has 0 radical (unpaired) electrons. The average Bonchev–Trinajstić information content (AvgIpc) is 3.40. The summed E-state index contributed by atoms with van der Waals surface area (Å²) in [5, 5.41) is 0.556. The molecule has 1 aliphatic rings. The molecule has 1 amide bonds. The Balaban J connectivity index is 1.66. The van der Waals surface area contributed by atoms with Crippen molar-refractivity contribution < 1.29 is 9.21 Å². The third kappa shape index (κ3) is 2.33. The van der Waals surface area contributed by atoms with Crippen LogP contribution in [0.15, 0.2) is 76.5 Å². The van der Waals surface area contributed by atoms with Crippen molar-refractivity contribution in [2.45, 2.75) is 6.04 Å². The number of aliphatic imine (C=N–C) groups is 1. The van der Waals surface area contributed by atoms with Crippen LogP contribution in [0.4, 0.5) is 5.13 Å². The highest BCUT2D eigenvalue weighted by Crippen LogP contribution is 2.36. The Morgan fingerprint density at radius 1 is 1.04 bits per heavy atom. The molecule has 26 heavy (non-hydrogen) atoms. The van der Waals surface area contributed by atoms with E-state index in [0.29, 0.717) is 22.4 Å². The lowest BCUT2D eigenvalue weighted by Gasteiger charge is -2.15. The molecule has 4 aromatic rings. The van der Waals surface area contributed by atoms with E-state index in [-0.39, 0.29) is 5.91 Å². The van der Waals surface area contributed by atoms with Gasteiger partial charge in [-0.25, -0.2) is 14.9 Å². The minimum Gasteiger partial charge on any atom is -0.466 e. The van der Waals surface area contributed by atoms with Gasteiger partial charge in [0.2, 0.25) is 5.13 Å².